The van der Waals surface area contributed by atoms with Crippen LogP contribution in [0.3, 0.4) is 0 Å². The van der Waals surface area contributed by atoms with Gasteiger partial charge in [-0.3, -0.25) is 0 Å². The lowest BCUT2D eigenvalue weighted by Gasteiger charge is -2.37. The van der Waals surface area contributed by atoms with Gasteiger partial charge in [0.15, 0.2) is 0 Å². The van der Waals surface area contributed by atoms with Gasteiger partial charge < -0.3 is 14.6 Å². The summed E-state index contributed by atoms with van der Waals surface area (Å²) in [5.41, 5.74) is 4.13. The molecule has 5 nitrogen and oxygen atoms in total. The quantitative estimate of drug-likeness (QED) is 0.342. The highest BCUT2D eigenvalue weighted by Crippen LogP contribution is 2.45. The molecule has 1 heterocycles. The molecule has 5 heteroatoms. The Morgan fingerprint density at radius 3 is 2.44 bits per heavy atom. The van der Waals surface area contributed by atoms with Crippen molar-refractivity contribution in [3.05, 3.63) is 48.5 Å². The number of carbonyl (C=O) groups is 1. The van der Waals surface area contributed by atoms with Crippen LogP contribution >= 0.6 is 0 Å². The highest BCUT2D eigenvalue weighted by molar-refractivity contribution is 5.85. The minimum Gasteiger partial charge on any atom is -0.461 e. The molecule has 0 spiro atoms. The Hall–Kier alpha value is -2.82. The van der Waals surface area contributed by atoms with Gasteiger partial charge in [-0.05, 0) is 98.6 Å². The zero-order chi connectivity index (χ0) is 24.8. The lowest BCUT2D eigenvalue weighted by Crippen LogP contribution is -2.38. The van der Waals surface area contributed by atoms with E-state index in [2.05, 4.69) is 61.0 Å². The van der Waals surface area contributed by atoms with Gasteiger partial charge in [-0.1, -0.05) is 39.3 Å². The monoisotopic (exact) mass is 485 g/mol. The minimum absolute atomic E-state index is 0.00789. The molecular formula is C31H39N3O2. The number of esters is 1. The van der Waals surface area contributed by atoms with Crippen LogP contribution in [-0.4, -0.2) is 27.7 Å². The molecule has 0 radical (unpaired) electrons. The summed E-state index contributed by atoms with van der Waals surface area (Å²) in [6.07, 6.45) is 7.97. The van der Waals surface area contributed by atoms with Crippen molar-refractivity contribution in [1.82, 2.24) is 9.55 Å². The maximum absolute atomic E-state index is 14.0. The van der Waals surface area contributed by atoms with Crippen LogP contribution in [0, 0.1) is 23.7 Å². The van der Waals surface area contributed by atoms with Crippen LogP contribution in [0.4, 0.5) is 5.69 Å². The van der Waals surface area contributed by atoms with Crippen LogP contribution in [0.2, 0.25) is 0 Å². The zero-order valence-corrected chi connectivity index (χ0v) is 21.8. The van der Waals surface area contributed by atoms with Gasteiger partial charge in [0.05, 0.1) is 11.0 Å². The third-order valence-electron chi connectivity index (χ3n) is 8.50. The van der Waals surface area contributed by atoms with Gasteiger partial charge >= 0.3 is 5.97 Å². The number of nitrogens with zero attached hydrogens (tertiary/aromatic N) is 2. The molecule has 3 aliphatic rings. The average molecular weight is 486 g/mol. The SMILES string of the molecule is CC1CCC(C(C)C)[C@H](OC(=O)C(C2CC2)n2c(-c3ccc(NC4CC4)cc3)nc3ccccc32)C1. The molecule has 0 aliphatic heterocycles. The Morgan fingerprint density at radius 2 is 1.75 bits per heavy atom. The predicted octanol–water partition coefficient (Wildman–Crippen LogP) is 7.23. The first kappa shape index (κ1) is 23.6. The molecule has 36 heavy (non-hydrogen) atoms. The van der Waals surface area contributed by atoms with Crippen LogP contribution in [0.5, 0.6) is 0 Å². The van der Waals surface area contributed by atoms with E-state index in [0.717, 1.165) is 53.8 Å². The van der Waals surface area contributed by atoms with Crippen molar-refractivity contribution in [2.75, 3.05) is 5.32 Å². The number of aromatic nitrogens is 2. The summed E-state index contributed by atoms with van der Waals surface area (Å²) in [5.74, 6) is 2.66. The van der Waals surface area contributed by atoms with Crippen molar-refractivity contribution >= 4 is 22.7 Å². The van der Waals surface area contributed by atoms with E-state index in [1.54, 1.807) is 0 Å². The van der Waals surface area contributed by atoms with E-state index < -0.39 is 0 Å². The Bertz CT molecular complexity index is 1220. The van der Waals surface area contributed by atoms with Crippen LogP contribution in [0.25, 0.3) is 22.4 Å². The molecule has 0 saturated heterocycles. The van der Waals surface area contributed by atoms with Crippen LogP contribution in [-0.2, 0) is 9.53 Å². The van der Waals surface area contributed by atoms with Gasteiger partial charge in [-0.25, -0.2) is 9.78 Å². The highest BCUT2D eigenvalue weighted by atomic mass is 16.5. The molecule has 190 valence electrons. The van der Waals surface area contributed by atoms with E-state index in [9.17, 15) is 4.79 Å². The van der Waals surface area contributed by atoms with E-state index in [4.69, 9.17) is 9.72 Å². The second-order valence-corrected chi connectivity index (χ2v) is 11.9. The minimum atomic E-state index is -0.332. The Morgan fingerprint density at radius 1 is 1.00 bits per heavy atom. The molecule has 3 saturated carbocycles. The summed E-state index contributed by atoms with van der Waals surface area (Å²) in [7, 11) is 0. The number of ether oxygens (including phenoxy) is 1. The fourth-order valence-electron chi connectivity index (χ4n) is 6.10. The van der Waals surface area contributed by atoms with Crippen LogP contribution < -0.4 is 5.32 Å². The van der Waals surface area contributed by atoms with E-state index in [0.29, 0.717) is 29.7 Å². The Labute approximate surface area is 214 Å². The fourth-order valence-corrected chi connectivity index (χ4v) is 6.10. The van der Waals surface area contributed by atoms with Crippen molar-refractivity contribution in [3.8, 4) is 11.4 Å². The summed E-state index contributed by atoms with van der Waals surface area (Å²) in [6, 6.07) is 17.0. The first-order valence-electron chi connectivity index (χ1n) is 14.0. The number of fused-ring (bicyclic) bond motifs is 1. The van der Waals surface area contributed by atoms with Crippen molar-refractivity contribution in [2.24, 2.45) is 23.7 Å². The molecule has 1 aromatic heterocycles. The smallest absolute Gasteiger partial charge is 0.329 e. The molecule has 6 rings (SSSR count). The largest absolute Gasteiger partial charge is 0.461 e. The molecule has 2 aromatic carbocycles. The number of imidazole rings is 1. The number of carbonyl (C=O) groups excluding carboxylic acids is 1. The van der Waals surface area contributed by atoms with Crippen LogP contribution in [0.1, 0.15) is 71.8 Å². The van der Waals surface area contributed by atoms with Gasteiger partial charge in [0.25, 0.3) is 0 Å². The standard InChI is InChI=1S/C31H39N3O2/c1-19(2)25-17-8-20(3)18-28(25)36-31(35)29(21-9-10-21)34-27-7-5-4-6-26(27)33-30(34)22-11-13-23(14-12-22)32-24-15-16-24/h4-7,11-14,19-21,24-25,28-29,32H,8-10,15-18H2,1-3H3/t20?,25?,28-,29?/m1/s1. The van der Waals surface area contributed by atoms with Crippen molar-refractivity contribution in [1.29, 1.82) is 0 Å². The van der Waals surface area contributed by atoms with Gasteiger partial charge in [-0.15, -0.1) is 0 Å². The van der Waals surface area contributed by atoms with Crippen LogP contribution in [0.15, 0.2) is 48.5 Å². The molecule has 0 bridgehead atoms. The van der Waals surface area contributed by atoms with E-state index >= 15 is 0 Å². The first-order valence-corrected chi connectivity index (χ1v) is 14.0. The van der Waals surface area contributed by atoms with Crippen molar-refractivity contribution in [2.45, 2.75) is 83.9 Å². The third-order valence-corrected chi connectivity index (χ3v) is 8.50. The highest BCUT2D eigenvalue weighted by Gasteiger charge is 2.43. The Balaban J connectivity index is 1.35. The third kappa shape index (κ3) is 4.77. The number of nitrogens with one attached hydrogen (secondary N) is 1. The molecule has 3 fully saturated rings. The summed E-state index contributed by atoms with van der Waals surface area (Å²) in [5, 5.41) is 3.57. The van der Waals surface area contributed by atoms with Crippen molar-refractivity contribution in [3.63, 3.8) is 0 Å². The van der Waals surface area contributed by atoms with Gasteiger partial charge in [0, 0.05) is 17.3 Å². The predicted molar refractivity (Wildman–Crippen MR) is 145 cm³/mol. The number of hydrogen-bond acceptors (Lipinski definition) is 4. The molecule has 1 N–H and O–H groups in total. The van der Waals surface area contributed by atoms with Crippen molar-refractivity contribution < 1.29 is 9.53 Å². The lowest BCUT2D eigenvalue weighted by molar-refractivity contribution is -0.160. The second-order valence-electron chi connectivity index (χ2n) is 11.9. The summed E-state index contributed by atoms with van der Waals surface area (Å²) in [6.45, 7) is 6.82. The summed E-state index contributed by atoms with van der Waals surface area (Å²) in [4.78, 5) is 19.0. The van der Waals surface area contributed by atoms with E-state index in [1.165, 1.54) is 19.3 Å². The Kier molecular flexibility index (Phi) is 6.27. The normalized spacial score (nSPS) is 25.2. The first-order chi connectivity index (χ1) is 17.5. The van der Waals surface area contributed by atoms with Gasteiger partial charge in [0.1, 0.15) is 18.0 Å². The summed E-state index contributed by atoms with van der Waals surface area (Å²) < 4.78 is 8.62. The molecule has 3 unspecified atom stereocenters. The number of rotatable bonds is 8. The van der Waals surface area contributed by atoms with Gasteiger partial charge in [0.2, 0.25) is 0 Å². The average Bonchev–Trinajstić information content (AvgIpc) is 3.79. The maximum Gasteiger partial charge on any atom is 0.329 e. The topological polar surface area (TPSA) is 56.1 Å². The van der Waals surface area contributed by atoms with Gasteiger partial charge in [-0.2, -0.15) is 0 Å². The zero-order valence-electron chi connectivity index (χ0n) is 21.8. The van der Waals surface area contributed by atoms with E-state index in [-0.39, 0.29) is 18.1 Å². The number of para-hydroxylation sites is 2. The lowest BCUT2D eigenvalue weighted by atomic mass is 9.75. The number of anilines is 1. The molecule has 3 aromatic rings. The second kappa shape index (κ2) is 9.57. The molecule has 0 amide bonds. The number of hydrogen-bond donors (Lipinski definition) is 1. The number of benzene rings is 2. The fraction of sp³-hybridized carbons (Fsp3) is 0.548. The van der Waals surface area contributed by atoms with E-state index in [1.807, 2.05) is 18.2 Å². The molecule has 4 atom stereocenters. The molecule has 3 aliphatic carbocycles. The summed E-state index contributed by atoms with van der Waals surface area (Å²) >= 11 is 0. The molecular weight excluding hydrogens is 446 g/mol. The maximum atomic E-state index is 14.0.